The molecule has 5 rings (SSSR count). The van der Waals surface area contributed by atoms with E-state index in [0.29, 0.717) is 5.92 Å². The van der Waals surface area contributed by atoms with Crippen molar-refractivity contribution in [2.24, 2.45) is 0 Å². The first kappa shape index (κ1) is 15.8. The molecule has 0 saturated carbocycles. The first-order chi connectivity index (χ1) is 12.8. The quantitative estimate of drug-likeness (QED) is 0.537. The van der Waals surface area contributed by atoms with Crippen LogP contribution >= 0.6 is 11.3 Å². The minimum absolute atomic E-state index is 0.390. The normalized spacial score (nSPS) is 18.5. The highest BCUT2D eigenvalue weighted by Gasteiger charge is 2.25. The fourth-order valence-corrected chi connectivity index (χ4v) is 4.43. The summed E-state index contributed by atoms with van der Waals surface area (Å²) in [5, 5.41) is 6.90. The molecular formula is C20H20N4OS. The Balaban J connectivity index is 1.38. The van der Waals surface area contributed by atoms with Crippen LogP contribution in [0.15, 0.2) is 58.9 Å². The van der Waals surface area contributed by atoms with Gasteiger partial charge in [0, 0.05) is 41.2 Å². The van der Waals surface area contributed by atoms with E-state index >= 15 is 0 Å². The summed E-state index contributed by atoms with van der Waals surface area (Å²) in [6, 6.07) is 10.5. The van der Waals surface area contributed by atoms with Crippen LogP contribution in [0.2, 0.25) is 0 Å². The zero-order valence-electron chi connectivity index (χ0n) is 14.4. The minimum Gasteiger partial charge on any atom is -0.472 e. The average molecular weight is 364 g/mol. The van der Waals surface area contributed by atoms with Crippen molar-refractivity contribution >= 4 is 17.0 Å². The Morgan fingerprint density at radius 2 is 2.23 bits per heavy atom. The first-order valence-electron chi connectivity index (χ1n) is 8.99. The highest BCUT2D eigenvalue weighted by molar-refractivity contribution is 7.13. The Morgan fingerprint density at radius 3 is 3.08 bits per heavy atom. The van der Waals surface area contributed by atoms with Crippen LogP contribution in [0, 0.1) is 0 Å². The Labute approximate surface area is 155 Å². The second-order valence-corrected chi connectivity index (χ2v) is 7.82. The molecule has 1 aliphatic rings. The summed E-state index contributed by atoms with van der Waals surface area (Å²) in [5.74, 6) is 1.35. The molecule has 5 nitrogen and oxygen atoms in total. The lowest BCUT2D eigenvalue weighted by atomic mass is 9.97. The number of fused-ring (bicyclic) bond motifs is 1. The van der Waals surface area contributed by atoms with E-state index in [1.807, 2.05) is 16.8 Å². The molecule has 132 valence electrons. The van der Waals surface area contributed by atoms with Crippen LogP contribution in [0.25, 0.3) is 16.1 Å². The summed E-state index contributed by atoms with van der Waals surface area (Å²) in [6.07, 6.45) is 7.99. The fraction of sp³-hybridized carbons (Fsp3) is 0.300. The molecule has 1 unspecified atom stereocenters. The maximum absolute atomic E-state index is 5.20. The summed E-state index contributed by atoms with van der Waals surface area (Å²) in [6.45, 7) is 3.06. The van der Waals surface area contributed by atoms with Gasteiger partial charge in [0.15, 0.2) is 11.5 Å². The topological polar surface area (TPSA) is 46.6 Å². The van der Waals surface area contributed by atoms with Gasteiger partial charge < -0.3 is 4.42 Å². The van der Waals surface area contributed by atoms with E-state index in [1.165, 1.54) is 22.4 Å². The van der Waals surface area contributed by atoms with Crippen molar-refractivity contribution < 1.29 is 4.42 Å². The SMILES string of the molecule is c1csc(-c2ccc3nc(C4CCCN(Cc5ccoc5)C4)nn3c2)c1. The number of likely N-dealkylation sites (tertiary alicyclic amines) is 1. The Morgan fingerprint density at radius 1 is 1.23 bits per heavy atom. The van der Waals surface area contributed by atoms with Gasteiger partial charge in [0.2, 0.25) is 0 Å². The summed E-state index contributed by atoms with van der Waals surface area (Å²) >= 11 is 1.75. The largest absolute Gasteiger partial charge is 0.472 e. The molecule has 1 fully saturated rings. The second kappa shape index (κ2) is 6.70. The summed E-state index contributed by atoms with van der Waals surface area (Å²) in [4.78, 5) is 8.53. The molecule has 1 atom stereocenters. The van der Waals surface area contributed by atoms with Crippen LogP contribution in [0.1, 0.15) is 30.1 Å². The zero-order chi connectivity index (χ0) is 17.3. The maximum Gasteiger partial charge on any atom is 0.156 e. The van der Waals surface area contributed by atoms with Crippen LogP contribution < -0.4 is 0 Å². The maximum atomic E-state index is 5.20. The van der Waals surface area contributed by atoms with Crippen molar-refractivity contribution in [1.82, 2.24) is 19.5 Å². The highest BCUT2D eigenvalue weighted by Crippen LogP contribution is 2.28. The van der Waals surface area contributed by atoms with E-state index in [-0.39, 0.29) is 0 Å². The van der Waals surface area contributed by atoms with Crippen LogP contribution in [0.4, 0.5) is 0 Å². The summed E-state index contributed by atoms with van der Waals surface area (Å²) in [7, 11) is 0. The molecule has 0 radical (unpaired) electrons. The van der Waals surface area contributed by atoms with E-state index in [0.717, 1.165) is 37.5 Å². The summed E-state index contributed by atoms with van der Waals surface area (Å²) < 4.78 is 7.13. The molecule has 1 saturated heterocycles. The van der Waals surface area contributed by atoms with Crippen molar-refractivity contribution in [3.63, 3.8) is 0 Å². The number of pyridine rings is 1. The molecule has 0 aliphatic carbocycles. The predicted molar refractivity (Wildman–Crippen MR) is 102 cm³/mol. The molecule has 5 heterocycles. The predicted octanol–water partition coefficient (Wildman–Crippen LogP) is 4.43. The standard InChI is InChI=1S/C20H20N4OS/c1-3-17(12-23(8-1)11-15-7-9-25-14-15)20-21-19-6-5-16(13-24(19)22-20)18-4-2-10-26-18/h2,4-7,9-10,13-14,17H,1,3,8,11-12H2. The molecular weight excluding hydrogens is 344 g/mol. The van der Waals surface area contributed by atoms with E-state index in [4.69, 9.17) is 14.5 Å². The molecule has 6 heteroatoms. The Kier molecular flexibility index (Phi) is 4.07. The number of piperidine rings is 1. The third kappa shape index (κ3) is 3.06. The molecule has 0 amide bonds. The van der Waals surface area contributed by atoms with E-state index < -0.39 is 0 Å². The number of rotatable bonds is 4. The van der Waals surface area contributed by atoms with Crippen molar-refractivity contribution in [2.75, 3.05) is 13.1 Å². The van der Waals surface area contributed by atoms with Gasteiger partial charge in [-0.25, -0.2) is 9.50 Å². The van der Waals surface area contributed by atoms with Crippen LogP contribution in [-0.2, 0) is 6.54 Å². The van der Waals surface area contributed by atoms with Crippen molar-refractivity contribution in [3.05, 3.63) is 65.8 Å². The second-order valence-electron chi connectivity index (χ2n) is 6.87. The lowest BCUT2D eigenvalue weighted by Gasteiger charge is -2.30. The first-order valence-corrected chi connectivity index (χ1v) is 9.87. The van der Waals surface area contributed by atoms with Gasteiger partial charge in [0.1, 0.15) is 0 Å². The van der Waals surface area contributed by atoms with Gasteiger partial charge in [-0.1, -0.05) is 6.07 Å². The van der Waals surface area contributed by atoms with Gasteiger partial charge in [-0.05, 0) is 49.0 Å². The van der Waals surface area contributed by atoms with Crippen molar-refractivity contribution in [1.29, 1.82) is 0 Å². The number of furan rings is 1. The molecule has 4 aromatic rings. The van der Waals surface area contributed by atoms with Crippen LogP contribution in [-0.4, -0.2) is 32.6 Å². The van der Waals surface area contributed by atoms with Gasteiger partial charge in [0.05, 0.1) is 12.5 Å². The third-order valence-corrected chi connectivity index (χ3v) is 5.93. The number of hydrogen-bond donors (Lipinski definition) is 0. The van der Waals surface area contributed by atoms with Crippen molar-refractivity contribution in [3.8, 4) is 10.4 Å². The monoisotopic (exact) mass is 364 g/mol. The Bertz CT molecular complexity index is 990. The van der Waals surface area contributed by atoms with Gasteiger partial charge in [-0.3, -0.25) is 4.90 Å². The smallest absolute Gasteiger partial charge is 0.156 e. The molecule has 26 heavy (non-hydrogen) atoms. The molecule has 0 N–H and O–H groups in total. The van der Waals surface area contributed by atoms with Crippen molar-refractivity contribution in [2.45, 2.75) is 25.3 Å². The molecule has 1 aliphatic heterocycles. The van der Waals surface area contributed by atoms with E-state index in [2.05, 4.69) is 40.7 Å². The zero-order valence-corrected chi connectivity index (χ0v) is 15.2. The van der Waals surface area contributed by atoms with Gasteiger partial charge in [-0.2, -0.15) is 5.10 Å². The number of thiophene rings is 1. The third-order valence-electron chi connectivity index (χ3n) is 5.01. The lowest BCUT2D eigenvalue weighted by Crippen LogP contribution is -2.34. The van der Waals surface area contributed by atoms with Crippen LogP contribution in [0.5, 0.6) is 0 Å². The number of aromatic nitrogens is 3. The molecule has 0 bridgehead atoms. The molecule has 4 aromatic heterocycles. The van der Waals surface area contributed by atoms with E-state index in [9.17, 15) is 0 Å². The lowest BCUT2D eigenvalue weighted by molar-refractivity contribution is 0.196. The van der Waals surface area contributed by atoms with E-state index in [1.54, 1.807) is 17.6 Å². The van der Waals surface area contributed by atoms with Gasteiger partial charge in [-0.15, -0.1) is 11.3 Å². The fourth-order valence-electron chi connectivity index (χ4n) is 3.71. The minimum atomic E-state index is 0.390. The number of nitrogens with zero attached hydrogens (tertiary/aromatic N) is 4. The summed E-state index contributed by atoms with van der Waals surface area (Å²) in [5.41, 5.74) is 3.34. The van der Waals surface area contributed by atoms with Gasteiger partial charge in [0.25, 0.3) is 0 Å². The molecule has 0 aromatic carbocycles. The Hall–Kier alpha value is -2.44. The van der Waals surface area contributed by atoms with Gasteiger partial charge >= 0.3 is 0 Å². The molecule has 0 spiro atoms. The average Bonchev–Trinajstić information content (AvgIpc) is 3.42. The number of hydrogen-bond acceptors (Lipinski definition) is 5. The highest BCUT2D eigenvalue weighted by atomic mass is 32.1. The van der Waals surface area contributed by atoms with Crippen LogP contribution in [0.3, 0.4) is 0 Å².